The minimum absolute atomic E-state index is 0.0896. The summed E-state index contributed by atoms with van der Waals surface area (Å²) < 4.78 is 4.47. The average molecular weight is 598 g/mol. The molecule has 2 amide bonds. The Bertz CT molecular complexity index is 1150. The third kappa shape index (κ3) is 5.74. The van der Waals surface area contributed by atoms with Gasteiger partial charge in [-0.2, -0.15) is 0 Å². The van der Waals surface area contributed by atoms with Gasteiger partial charge in [-0.1, -0.05) is 12.2 Å². The minimum atomic E-state index is -0.706. The highest BCUT2D eigenvalue weighted by Gasteiger charge is 2.77. The molecule has 8 nitrogen and oxygen atoms in total. The molecule has 2 bridgehead atoms. The van der Waals surface area contributed by atoms with Gasteiger partial charge >= 0.3 is 5.97 Å². The number of fused-ring (bicyclic) bond motifs is 1. The van der Waals surface area contributed by atoms with Crippen molar-refractivity contribution in [2.75, 3.05) is 49.2 Å². The van der Waals surface area contributed by atoms with Crippen LogP contribution in [0.4, 0.5) is 11.4 Å². The van der Waals surface area contributed by atoms with Crippen LogP contribution in [0.25, 0.3) is 0 Å². The van der Waals surface area contributed by atoms with Crippen LogP contribution in [0.2, 0.25) is 0 Å². The number of thioether (sulfide) groups is 1. The van der Waals surface area contributed by atoms with Gasteiger partial charge in [-0.25, -0.2) is 0 Å². The summed E-state index contributed by atoms with van der Waals surface area (Å²) >= 11 is 1.65. The molecule has 3 saturated heterocycles. The second-order valence-electron chi connectivity index (χ2n) is 11.7. The third-order valence-corrected chi connectivity index (χ3v) is 11.2. The number of rotatable bonds is 16. The van der Waals surface area contributed by atoms with E-state index in [9.17, 15) is 19.5 Å². The number of nitrogens with zero attached hydrogens (tertiary/aromatic N) is 3. The van der Waals surface area contributed by atoms with Crippen molar-refractivity contribution in [2.24, 2.45) is 11.8 Å². The number of amides is 2. The molecule has 1 aromatic carbocycles. The summed E-state index contributed by atoms with van der Waals surface area (Å²) in [6.07, 6.45) is 7.47. The van der Waals surface area contributed by atoms with Gasteiger partial charge in [0.2, 0.25) is 5.91 Å². The van der Waals surface area contributed by atoms with Gasteiger partial charge in [0.15, 0.2) is 0 Å². The monoisotopic (exact) mass is 597 g/mol. The molecule has 0 aliphatic carbocycles. The molecule has 5 atom stereocenters. The zero-order chi connectivity index (χ0) is 30.5. The highest BCUT2D eigenvalue weighted by molar-refractivity contribution is 8.02. The van der Waals surface area contributed by atoms with Crippen molar-refractivity contribution in [2.45, 2.75) is 74.8 Å². The summed E-state index contributed by atoms with van der Waals surface area (Å²) in [4.78, 5) is 48.2. The van der Waals surface area contributed by atoms with E-state index in [2.05, 4.69) is 38.8 Å². The van der Waals surface area contributed by atoms with Crippen LogP contribution in [0, 0.1) is 11.8 Å². The van der Waals surface area contributed by atoms with E-state index >= 15 is 0 Å². The van der Waals surface area contributed by atoms with Gasteiger partial charge < -0.3 is 24.5 Å². The van der Waals surface area contributed by atoms with Crippen molar-refractivity contribution in [1.82, 2.24) is 4.90 Å². The van der Waals surface area contributed by atoms with Gasteiger partial charge in [0.25, 0.3) is 5.91 Å². The number of unbranched alkanes of at least 4 members (excludes halogenated alkanes) is 2. The number of benzene rings is 1. The molecule has 3 aliphatic heterocycles. The Morgan fingerprint density at radius 2 is 1.79 bits per heavy atom. The SMILES string of the molecule is C=CCCOC(=O)[C@H]1[C@H]2C(=O)N(CCCCCO)C(C(=O)N(CC=C)c3ccc(N(CC)CC)cc3)C23CC[C@]1(C)S3. The molecule has 1 spiro atoms. The summed E-state index contributed by atoms with van der Waals surface area (Å²) in [5, 5.41) is 9.31. The highest BCUT2D eigenvalue weighted by atomic mass is 32.2. The first-order valence-electron chi connectivity index (χ1n) is 15.4. The number of aliphatic hydroxyl groups excluding tert-OH is 1. The number of ether oxygens (including phenoxy) is 1. The zero-order valence-electron chi connectivity index (χ0n) is 25.4. The maximum atomic E-state index is 14.7. The van der Waals surface area contributed by atoms with E-state index in [4.69, 9.17) is 4.74 Å². The second kappa shape index (κ2) is 13.7. The molecule has 42 heavy (non-hydrogen) atoms. The Labute approximate surface area is 255 Å². The maximum absolute atomic E-state index is 14.7. The van der Waals surface area contributed by atoms with Crippen molar-refractivity contribution in [3.05, 3.63) is 49.6 Å². The van der Waals surface area contributed by atoms with Crippen LogP contribution in [-0.2, 0) is 19.1 Å². The van der Waals surface area contributed by atoms with Crippen LogP contribution in [0.5, 0.6) is 0 Å². The molecule has 4 rings (SSSR count). The number of likely N-dealkylation sites (tertiary alicyclic amines) is 1. The molecule has 230 valence electrons. The Morgan fingerprint density at radius 3 is 2.40 bits per heavy atom. The number of carbonyl (C=O) groups excluding carboxylic acids is 3. The molecule has 9 heteroatoms. The Hall–Kier alpha value is -2.78. The average Bonchev–Trinajstić information content (AvgIpc) is 3.55. The van der Waals surface area contributed by atoms with Gasteiger partial charge in [-0.15, -0.1) is 24.9 Å². The predicted octanol–water partition coefficient (Wildman–Crippen LogP) is 4.82. The van der Waals surface area contributed by atoms with E-state index in [0.717, 1.165) is 37.3 Å². The smallest absolute Gasteiger partial charge is 0.311 e. The van der Waals surface area contributed by atoms with E-state index in [-0.39, 0.29) is 31.0 Å². The summed E-state index contributed by atoms with van der Waals surface area (Å²) in [6, 6.07) is 7.29. The second-order valence-corrected chi connectivity index (χ2v) is 13.6. The van der Waals surface area contributed by atoms with E-state index in [1.807, 2.05) is 24.3 Å². The Balaban J connectivity index is 1.71. The molecule has 3 heterocycles. The van der Waals surface area contributed by atoms with E-state index in [0.29, 0.717) is 38.8 Å². The lowest BCUT2D eigenvalue weighted by Crippen LogP contribution is -2.55. The fourth-order valence-electron chi connectivity index (χ4n) is 7.24. The van der Waals surface area contributed by atoms with Crippen molar-refractivity contribution in [3.8, 4) is 0 Å². The number of hydrogen-bond donors (Lipinski definition) is 1. The first-order chi connectivity index (χ1) is 20.2. The van der Waals surface area contributed by atoms with Crippen LogP contribution in [-0.4, -0.2) is 82.7 Å². The predicted molar refractivity (Wildman–Crippen MR) is 170 cm³/mol. The molecule has 0 radical (unpaired) electrons. The molecule has 3 aliphatic rings. The lowest BCUT2D eigenvalue weighted by molar-refractivity contribution is -0.155. The van der Waals surface area contributed by atoms with Crippen LogP contribution in [0.1, 0.15) is 59.3 Å². The van der Waals surface area contributed by atoms with Gasteiger partial charge in [-0.3, -0.25) is 14.4 Å². The number of esters is 1. The van der Waals surface area contributed by atoms with Gasteiger partial charge in [-0.05, 0) is 83.6 Å². The quantitative estimate of drug-likeness (QED) is 0.166. The first kappa shape index (κ1) is 32.1. The van der Waals surface area contributed by atoms with E-state index in [1.165, 1.54) is 0 Å². The molecule has 0 aromatic heterocycles. The van der Waals surface area contributed by atoms with Crippen molar-refractivity contribution < 1.29 is 24.2 Å². The molecule has 2 unspecified atom stereocenters. The van der Waals surface area contributed by atoms with Gasteiger partial charge in [0.05, 0.1) is 23.2 Å². The first-order valence-corrected chi connectivity index (χ1v) is 16.2. The number of hydrogen-bond acceptors (Lipinski definition) is 7. The standard InChI is InChI=1S/C33H47N3O5S/c1-6-10-23-41-31(40)27-26-29(38)36(21-12-11-13-22-37)28(33(26)19-18-32(27,5)42-33)30(39)35(20-7-2)25-16-14-24(15-17-25)34(8-3)9-4/h6-7,14-17,26-28,37H,1-2,8-13,18-23H2,3-5H3/t26-,27+,28?,32-,33?/m0/s1. The normalized spacial score (nSPS) is 27.6. The zero-order valence-corrected chi connectivity index (χ0v) is 26.2. The molecule has 1 aromatic rings. The summed E-state index contributed by atoms with van der Waals surface area (Å²) in [7, 11) is 0. The molecular formula is C33H47N3O5S. The number of aliphatic hydroxyl groups is 1. The highest BCUT2D eigenvalue weighted by Crippen LogP contribution is 2.71. The fourth-order valence-corrected chi connectivity index (χ4v) is 9.58. The topological polar surface area (TPSA) is 90.4 Å². The van der Waals surface area contributed by atoms with Gasteiger partial charge in [0.1, 0.15) is 6.04 Å². The van der Waals surface area contributed by atoms with Crippen LogP contribution in [0.15, 0.2) is 49.6 Å². The third-order valence-electron chi connectivity index (χ3n) is 9.26. The molecule has 1 N–H and O–H groups in total. The van der Waals surface area contributed by atoms with Crippen LogP contribution >= 0.6 is 11.8 Å². The molecule has 0 saturated carbocycles. The minimum Gasteiger partial charge on any atom is -0.465 e. The van der Waals surface area contributed by atoms with Crippen molar-refractivity contribution in [1.29, 1.82) is 0 Å². The summed E-state index contributed by atoms with van der Waals surface area (Å²) in [5.74, 6) is -1.84. The van der Waals surface area contributed by atoms with Crippen molar-refractivity contribution >= 4 is 40.9 Å². The van der Waals surface area contributed by atoms with Crippen LogP contribution in [0.3, 0.4) is 0 Å². The Morgan fingerprint density at radius 1 is 1.10 bits per heavy atom. The maximum Gasteiger partial charge on any atom is 0.311 e. The largest absolute Gasteiger partial charge is 0.465 e. The molecular weight excluding hydrogens is 550 g/mol. The van der Waals surface area contributed by atoms with E-state index in [1.54, 1.807) is 33.7 Å². The Kier molecular flexibility index (Phi) is 10.5. The summed E-state index contributed by atoms with van der Waals surface area (Å²) in [6.45, 7) is 16.7. The number of anilines is 2. The van der Waals surface area contributed by atoms with E-state index < -0.39 is 27.4 Å². The number of carbonyl (C=O) groups is 3. The lowest BCUT2D eigenvalue weighted by atomic mass is 9.66. The lowest BCUT2D eigenvalue weighted by Gasteiger charge is -2.37. The molecule has 3 fully saturated rings. The van der Waals surface area contributed by atoms with Crippen molar-refractivity contribution in [3.63, 3.8) is 0 Å². The van der Waals surface area contributed by atoms with Crippen LogP contribution < -0.4 is 9.80 Å². The fraction of sp³-hybridized carbons (Fsp3) is 0.606. The van der Waals surface area contributed by atoms with Gasteiger partial charge in [0, 0.05) is 48.9 Å². The summed E-state index contributed by atoms with van der Waals surface area (Å²) in [5.41, 5.74) is 1.85.